The second kappa shape index (κ2) is 5.20. The number of fused-ring (bicyclic) bond motifs is 1. The standard InChI is InChI=1S/C14H19N5O/c1-9-12-7-11(8-16-14(12)19(2)18-9)17-13(20)5-6-15-10-3-4-10/h7-8,10,15H,3-6H2,1-2H3,(H,17,20). The molecule has 1 aliphatic carbocycles. The number of nitrogens with zero attached hydrogens (tertiary/aromatic N) is 3. The van der Waals surface area contributed by atoms with E-state index in [1.54, 1.807) is 10.9 Å². The van der Waals surface area contributed by atoms with Crippen molar-refractivity contribution in [3.63, 3.8) is 0 Å². The lowest BCUT2D eigenvalue weighted by Crippen LogP contribution is -2.23. The number of pyridine rings is 1. The van der Waals surface area contributed by atoms with E-state index < -0.39 is 0 Å². The quantitative estimate of drug-likeness (QED) is 0.862. The van der Waals surface area contributed by atoms with Crippen molar-refractivity contribution in [3.05, 3.63) is 18.0 Å². The Labute approximate surface area is 117 Å². The van der Waals surface area contributed by atoms with E-state index >= 15 is 0 Å². The van der Waals surface area contributed by atoms with Crippen molar-refractivity contribution in [2.45, 2.75) is 32.2 Å². The number of hydrogen-bond donors (Lipinski definition) is 2. The molecule has 0 unspecified atom stereocenters. The molecule has 20 heavy (non-hydrogen) atoms. The third-order valence-electron chi connectivity index (χ3n) is 3.51. The zero-order valence-corrected chi connectivity index (χ0v) is 11.8. The lowest BCUT2D eigenvalue weighted by molar-refractivity contribution is -0.116. The van der Waals surface area contributed by atoms with Crippen molar-refractivity contribution >= 4 is 22.6 Å². The van der Waals surface area contributed by atoms with Gasteiger partial charge in [-0.15, -0.1) is 0 Å². The number of nitrogens with one attached hydrogen (secondary N) is 2. The number of carbonyl (C=O) groups excluding carboxylic acids is 1. The highest BCUT2D eigenvalue weighted by molar-refractivity contribution is 5.93. The summed E-state index contributed by atoms with van der Waals surface area (Å²) in [7, 11) is 1.87. The normalized spacial score (nSPS) is 14.7. The fourth-order valence-corrected chi connectivity index (χ4v) is 2.28. The van der Waals surface area contributed by atoms with Gasteiger partial charge in [0.05, 0.1) is 17.6 Å². The van der Waals surface area contributed by atoms with Crippen LogP contribution in [0.3, 0.4) is 0 Å². The van der Waals surface area contributed by atoms with E-state index in [1.807, 2.05) is 20.0 Å². The molecule has 6 nitrogen and oxygen atoms in total. The average molecular weight is 273 g/mol. The molecule has 0 spiro atoms. The molecule has 0 atom stereocenters. The monoisotopic (exact) mass is 273 g/mol. The Balaban J connectivity index is 1.64. The van der Waals surface area contributed by atoms with Gasteiger partial charge in [0.15, 0.2) is 5.65 Å². The molecule has 1 amide bonds. The Hall–Kier alpha value is -1.95. The summed E-state index contributed by atoms with van der Waals surface area (Å²) in [5.41, 5.74) is 2.47. The summed E-state index contributed by atoms with van der Waals surface area (Å²) >= 11 is 0. The SMILES string of the molecule is Cc1nn(C)c2ncc(NC(=O)CCNC3CC3)cc12. The van der Waals surface area contributed by atoms with Gasteiger partial charge < -0.3 is 10.6 Å². The zero-order valence-electron chi connectivity index (χ0n) is 11.8. The summed E-state index contributed by atoms with van der Waals surface area (Å²) < 4.78 is 1.75. The number of carbonyl (C=O) groups is 1. The van der Waals surface area contributed by atoms with E-state index in [0.717, 1.165) is 29.0 Å². The molecule has 0 aliphatic heterocycles. The number of hydrogen-bond acceptors (Lipinski definition) is 4. The minimum absolute atomic E-state index is 0.0147. The molecule has 1 aliphatic rings. The van der Waals surface area contributed by atoms with E-state index in [-0.39, 0.29) is 5.91 Å². The summed E-state index contributed by atoms with van der Waals surface area (Å²) in [6.45, 7) is 2.67. The van der Waals surface area contributed by atoms with Crippen LogP contribution in [0.4, 0.5) is 5.69 Å². The molecule has 2 aromatic heterocycles. The highest BCUT2D eigenvalue weighted by Crippen LogP contribution is 2.20. The van der Waals surface area contributed by atoms with Gasteiger partial charge >= 0.3 is 0 Å². The molecule has 6 heteroatoms. The maximum Gasteiger partial charge on any atom is 0.225 e. The van der Waals surface area contributed by atoms with Gasteiger partial charge in [-0.25, -0.2) is 4.98 Å². The van der Waals surface area contributed by atoms with Crippen molar-refractivity contribution in [2.75, 3.05) is 11.9 Å². The largest absolute Gasteiger partial charge is 0.325 e. The van der Waals surface area contributed by atoms with Gasteiger partial charge in [0, 0.05) is 31.4 Å². The topological polar surface area (TPSA) is 71.8 Å². The number of rotatable bonds is 5. The Morgan fingerprint density at radius 2 is 2.30 bits per heavy atom. The molecular weight excluding hydrogens is 254 g/mol. The van der Waals surface area contributed by atoms with Crippen LogP contribution in [0.5, 0.6) is 0 Å². The number of aromatic nitrogens is 3. The second-order valence-electron chi connectivity index (χ2n) is 5.33. The van der Waals surface area contributed by atoms with Crippen molar-refractivity contribution in [1.82, 2.24) is 20.1 Å². The van der Waals surface area contributed by atoms with Crippen LogP contribution in [0.15, 0.2) is 12.3 Å². The van der Waals surface area contributed by atoms with Crippen LogP contribution in [-0.4, -0.2) is 33.3 Å². The summed E-state index contributed by atoms with van der Waals surface area (Å²) in [5.74, 6) is 0.0147. The average Bonchev–Trinajstić information content (AvgIpc) is 3.18. The van der Waals surface area contributed by atoms with Crippen molar-refractivity contribution < 1.29 is 4.79 Å². The first kappa shape index (κ1) is 13.1. The summed E-state index contributed by atoms with van der Waals surface area (Å²) in [5, 5.41) is 11.5. The van der Waals surface area contributed by atoms with Crippen LogP contribution in [0.2, 0.25) is 0 Å². The first-order valence-electron chi connectivity index (χ1n) is 6.96. The molecule has 2 aromatic rings. The minimum Gasteiger partial charge on any atom is -0.325 e. The van der Waals surface area contributed by atoms with Gasteiger partial charge in [-0.05, 0) is 25.8 Å². The Morgan fingerprint density at radius 3 is 3.05 bits per heavy atom. The predicted octanol–water partition coefficient (Wildman–Crippen LogP) is 1.36. The van der Waals surface area contributed by atoms with Gasteiger partial charge in [0.25, 0.3) is 0 Å². The molecule has 106 valence electrons. The maximum atomic E-state index is 11.8. The number of amides is 1. The van der Waals surface area contributed by atoms with E-state index in [2.05, 4.69) is 20.7 Å². The van der Waals surface area contributed by atoms with E-state index in [1.165, 1.54) is 12.8 Å². The lowest BCUT2D eigenvalue weighted by atomic mass is 10.2. The molecule has 3 rings (SSSR count). The molecule has 1 saturated carbocycles. The van der Waals surface area contributed by atoms with E-state index in [0.29, 0.717) is 12.5 Å². The van der Waals surface area contributed by atoms with E-state index in [9.17, 15) is 4.79 Å². The van der Waals surface area contributed by atoms with Crippen LogP contribution in [0.1, 0.15) is 25.0 Å². The van der Waals surface area contributed by atoms with Crippen molar-refractivity contribution in [3.8, 4) is 0 Å². The summed E-state index contributed by atoms with van der Waals surface area (Å²) in [6, 6.07) is 2.57. The Kier molecular flexibility index (Phi) is 3.40. The molecule has 2 heterocycles. The minimum atomic E-state index is 0.0147. The van der Waals surface area contributed by atoms with Gasteiger partial charge in [0.2, 0.25) is 5.91 Å². The fraction of sp³-hybridized carbons (Fsp3) is 0.500. The first-order chi connectivity index (χ1) is 9.63. The Morgan fingerprint density at radius 1 is 1.50 bits per heavy atom. The smallest absolute Gasteiger partial charge is 0.225 e. The van der Waals surface area contributed by atoms with Crippen LogP contribution in [0.25, 0.3) is 11.0 Å². The van der Waals surface area contributed by atoms with Crippen LogP contribution < -0.4 is 10.6 Å². The first-order valence-corrected chi connectivity index (χ1v) is 6.96. The highest BCUT2D eigenvalue weighted by atomic mass is 16.1. The third-order valence-corrected chi connectivity index (χ3v) is 3.51. The van der Waals surface area contributed by atoms with E-state index in [4.69, 9.17) is 0 Å². The van der Waals surface area contributed by atoms with Crippen LogP contribution in [0, 0.1) is 6.92 Å². The molecule has 0 aromatic carbocycles. The second-order valence-corrected chi connectivity index (χ2v) is 5.33. The van der Waals surface area contributed by atoms with Crippen molar-refractivity contribution in [2.24, 2.45) is 7.05 Å². The molecule has 0 saturated heterocycles. The summed E-state index contributed by atoms with van der Waals surface area (Å²) in [4.78, 5) is 16.2. The summed E-state index contributed by atoms with van der Waals surface area (Å²) in [6.07, 6.45) is 4.64. The zero-order chi connectivity index (χ0) is 14.1. The van der Waals surface area contributed by atoms with Crippen LogP contribution >= 0.6 is 0 Å². The van der Waals surface area contributed by atoms with Crippen LogP contribution in [-0.2, 0) is 11.8 Å². The van der Waals surface area contributed by atoms with Gasteiger partial charge in [0.1, 0.15) is 0 Å². The fourth-order valence-electron chi connectivity index (χ4n) is 2.28. The van der Waals surface area contributed by atoms with Crippen molar-refractivity contribution in [1.29, 1.82) is 0 Å². The molecule has 0 bridgehead atoms. The highest BCUT2D eigenvalue weighted by Gasteiger charge is 2.20. The maximum absolute atomic E-state index is 11.8. The Bertz CT molecular complexity index is 644. The molecule has 1 fully saturated rings. The number of aryl methyl sites for hydroxylation is 2. The third kappa shape index (κ3) is 2.80. The lowest BCUT2D eigenvalue weighted by Gasteiger charge is -2.06. The molecule has 0 radical (unpaired) electrons. The number of anilines is 1. The van der Waals surface area contributed by atoms with Gasteiger partial charge in [-0.3, -0.25) is 9.48 Å². The molecule has 2 N–H and O–H groups in total. The molecular formula is C14H19N5O. The predicted molar refractivity (Wildman–Crippen MR) is 77.5 cm³/mol. The van der Waals surface area contributed by atoms with Gasteiger partial charge in [-0.1, -0.05) is 0 Å². The van der Waals surface area contributed by atoms with Gasteiger partial charge in [-0.2, -0.15) is 5.10 Å².